The Morgan fingerprint density at radius 2 is 1.67 bits per heavy atom. The summed E-state index contributed by atoms with van der Waals surface area (Å²) < 4.78 is 17.6. The van der Waals surface area contributed by atoms with Crippen molar-refractivity contribution in [3.8, 4) is 17.2 Å². The van der Waals surface area contributed by atoms with Crippen LogP contribution >= 0.6 is 39.9 Å². The lowest BCUT2D eigenvalue weighted by atomic mass is 10.1. The zero-order valence-corrected chi connectivity index (χ0v) is 18.0. The van der Waals surface area contributed by atoms with Crippen molar-refractivity contribution in [2.45, 2.75) is 0 Å². The van der Waals surface area contributed by atoms with E-state index in [4.69, 9.17) is 26.4 Å². The highest BCUT2D eigenvalue weighted by molar-refractivity contribution is 9.10. The molecule has 0 N–H and O–H groups in total. The topological polar surface area (TPSA) is 48.0 Å². The van der Waals surface area contributed by atoms with Crippen molar-refractivity contribution in [3.63, 3.8) is 0 Å². The van der Waals surface area contributed by atoms with Crippen molar-refractivity contribution in [3.05, 3.63) is 51.3 Å². The molecule has 1 saturated heterocycles. The first kappa shape index (κ1) is 19.7. The third-order valence-electron chi connectivity index (χ3n) is 3.90. The van der Waals surface area contributed by atoms with Gasteiger partial charge in [0.25, 0.3) is 5.91 Å². The van der Waals surface area contributed by atoms with E-state index in [1.165, 1.54) is 23.8 Å². The van der Waals surface area contributed by atoms with Crippen molar-refractivity contribution in [1.82, 2.24) is 0 Å². The van der Waals surface area contributed by atoms with Crippen LogP contribution in [0.5, 0.6) is 17.2 Å². The van der Waals surface area contributed by atoms with Crippen molar-refractivity contribution in [1.29, 1.82) is 0 Å². The van der Waals surface area contributed by atoms with E-state index < -0.39 is 0 Å². The molecule has 0 radical (unpaired) electrons. The van der Waals surface area contributed by atoms with E-state index in [0.717, 1.165) is 10.2 Å². The number of halogens is 1. The SMILES string of the molecule is COc1ccc(/C=C2\SC(=S)N(c3ccc(Br)cc3)C2=O)c(OC)c1OC. The van der Waals surface area contributed by atoms with Gasteiger partial charge in [-0.1, -0.05) is 39.9 Å². The Hall–Kier alpha value is -2.03. The van der Waals surface area contributed by atoms with E-state index in [2.05, 4.69) is 15.9 Å². The van der Waals surface area contributed by atoms with Crippen molar-refractivity contribution in [2.24, 2.45) is 0 Å². The fourth-order valence-electron chi connectivity index (χ4n) is 2.66. The van der Waals surface area contributed by atoms with Crippen LogP contribution in [0.2, 0.25) is 0 Å². The largest absolute Gasteiger partial charge is 0.493 e. The number of nitrogens with zero attached hydrogens (tertiary/aromatic N) is 1. The molecular weight excluding hydrogens is 450 g/mol. The molecular formula is C19H16BrNO4S2. The zero-order valence-electron chi connectivity index (χ0n) is 14.8. The fourth-order valence-corrected chi connectivity index (χ4v) is 4.21. The predicted molar refractivity (Wildman–Crippen MR) is 116 cm³/mol. The molecule has 0 aliphatic carbocycles. The van der Waals surface area contributed by atoms with Crippen LogP contribution in [-0.2, 0) is 4.79 Å². The molecule has 3 rings (SSSR count). The number of methoxy groups -OCH3 is 3. The number of benzene rings is 2. The van der Waals surface area contributed by atoms with Gasteiger partial charge in [-0.3, -0.25) is 9.69 Å². The number of amides is 1. The van der Waals surface area contributed by atoms with Gasteiger partial charge >= 0.3 is 0 Å². The Kier molecular flexibility index (Phi) is 6.08. The standard InChI is InChI=1S/C19H16BrNO4S2/c1-23-14-9-4-11(16(24-2)17(14)25-3)10-15-18(22)21(19(26)27-15)13-7-5-12(20)6-8-13/h4-10H,1-3H3/b15-10-. The van der Waals surface area contributed by atoms with Gasteiger partial charge in [0.1, 0.15) is 0 Å². The maximum Gasteiger partial charge on any atom is 0.270 e. The molecule has 5 nitrogen and oxygen atoms in total. The van der Waals surface area contributed by atoms with Gasteiger partial charge in [0.2, 0.25) is 5.75 Å². The third-order valence-corrected chi connectivity index (χ3v) is 5.73. The Balaban J connectivity index is 2.00. The third kappa shape index (κ3) is 3.83. The number of carbonyl (C=O) groups excluding carboxylic acids is 1. The lowest BCUT2D eigenvalue weighted by Gasteiger charge is -2.15. The van der Waals surface area contributed by atoms with Gasteiger partial charge in [-0.05, 0) is 42.5 Å². The quantitative estimate of drug-likeness (QED) is 0.463. The normalized spacial score (nSPS) is 15.4. The van der Waals surface area contributed by atoms with E-state index in [1.54, 1.807) is 26.4 Å². The number of anilines is 1. The van der Waals surface area contributed by atoms with E-state index in [1.807, 2.05) is 30.3 Å². The predicted octanol–water partition coefficient (Wildman–Crippen LogP) is 4.88. The number of thioether (sulfide) groups is 1. The van der Waals surface area contributed by atoms with E-state index in [0.29, 0.717) is 32.0 Å². The lowest BCUT2D eigenvalue weighted by Crippen LogP contribution is -2.27. The molecule has 27 heavy (non-hydrogen) atoms. The van der Waals surface area contributed by atoms with Crippen molar-refractivity contribution in [2.75, 3.05) is 26.2 Å². The van der Waals surface area contributed by atoms with Crippen LogP contribution in [0.15, 0.2) is 45.8 Å². The molecule has 1 fully saturated rings. The van der Waals surface area contributed by atoms with Crippen LogP contribution in [0.25, 0.3) is 6.08 Å². The molecule has 140 valence electrons. The first-order chi connectivity index (χ1) is 13.0. The molecule has 1 amide bonds. The minimum atomic E-state index is -0.177. The van der Waals surface area contributed by atoms with E-state index in [9.17, 15) is 4.79 Å². The summed E-state index contributed by atoms with van der Waals surface area (Å²) in [6.45, 7) is 0. The van der Waals surface area contributed by atoms with Gasteiger partial charge < -0.3 is 14.2 Å². The van der Waals surface area contributed by atoms with Crippen LogP contribution in [-0.4, -0.2) is 31.6 Å². The first-order valence-electron chi connectivity index (χ1n) is 7.82. The molecule has 1 heterocycles. The Bertz CT molecular complexity index is 928. The number of hydrogen-bond donors (Lipinski definition) is 0. The van der Waals surface area contributed by atoms with E-state index in [-0.39, 0.29) is 5.91 Å². The Morgan fingerprint density at radius 3 is 2.26 bits per heavy atom. The number of hydrogen-bond acceptors (Lipinski definition) is 6. The van der Waals surface area contributed by atoms with Gasteiger partial charge in [0, 0.05) is 10.0 Å². The molecule has 1 aliphatic rings. The average Bonchev–Trinajstić information content (AvgIpc) is 2.95. The number of thiocarbonyl (C=S) groups is 1. The minimum absolute atomic E-state index is 0.177. The maximum absolute atomic E-state index is 12.9. The summed E-state index contributed by atoms with van der Waals surface area (Å²) in [7, 11) is 4.64. The van der Waals surface area contributed by atoms with Gasteiger partial charge in [0.05, 0.1) is 31.9 Å². The first-order valence-corrected chi connectivity index (χ1v) is 9.84. The number of ether oxygens (including phenoxy) is 3. The van der Waals surface area contributed by atoms with Gasteiger partial charge in [0.15, 0.2) is 15.8 Å². The van der Waals surface area contributed by atoms with E-state index >= 15 is 0 Å². The molecule has 0 unspecified atom stereocenters. The van der Waals surface area contributed by atoms with Crippen LogP contribution in [0, 0.1) is 0 Å². The highest BCUT2D eigenvalue weighted by atomic mass is 79.9. The summed E-state index contributed by atoms with van der Waals surface area (Å²) >= 11 is 10.1. The summed E-state index contributed by atoms with van der Waals surface area (Å²) in [6, 6.07) is 11.0. The molecule has 0 bridgehead atoms. The fraction of sp³-hybridized carbons (Fsp3) is 0.158. The molecule has 0 aromatic heterocycles. The second-order valence-corrected chi connectivity index (χ2v) is 8.01. The molecule has 0 saturated carbocycles. The summed E-state index contributed by atoms with van der Waals surface area (Å²) in [4.78, 5) is 15.0. The molecule has 2 aromatic rings. The average molecular weight is 466 g/mol. The van der Waals surface area contributed by atoms with Crippen molar-refractivity contribution >= 4 is 61.9 Å². The lowest BCUT2D eigenvalue weighted by molar-refractivity contribution is -0.113. The Labute approximate surface area is 175 Å². The highest BCUT2D eigenvalue weighted by Crippen LogP contribution is 2.43. The molecule has 0 atom stereocenters. The second kappa shape index (κ2) is 8.33. The van der Waals surface area contributed by atoms with Crippen molar-refractivity contribution < 1.29 is 19.0 Å². The van der Waals surface area contributed by atoms with Gasteiger partial charge in [-0.2, -0.15) is 0 Å². The van der Waals surface area contributed by atoms with Gasteiger partial charge in [-0.15, -0.1) is 0 Å². The summed E-state index contributed by atoms with van der Waals surface area (Å²) in [5.41, 5.74) is 1.43. The van der Waals surface area contributed by atoms with Gasteiger partial charge in [-0.25, -0.2) is 0 Å². The molecule has 2 aromatic carbocycles. The summed E-state index contributed by atoms with van der Waals surface area (Å²) in [6.07, 6.45) is 1.75. The Morgan fingerprint density at radius 1 is 1.00 bits per heavy atom. The smallest absolute Gasteiger partial charge is 0.270 e. The highest BCUT2D eigenvalue weighted by Gasteiger charge is 2.33. The number of rotatable bonds is 5. The molecule has 8 heteroatoms. The second-order valence-electron chi connectivity index (χ2n) is 5.42. The zero-order chi connectivity index (χ0) is 19.6. The van der Waals surface area contributed by atoms with Crippen LogP contribution in [0.4, 0.5) is 5.69 Å². The summed E-state index contributed by atoms with van der Waals surface area (Å²) in [5.74, 6) is 1.33. The number of carbonyl (C=O) groups is 1. The summed E-state index contributed by atoms with van der Waals surface area (Å²) in [5, 5.41) is 0. The minimum Gasteiger partial charge on any atom is -0.493 e. The van der Waals surface area contributed by atoms with Crippen LogP contribution in [0.3, 0.4) is 0 Å². The monoisotopic (exact) mass is 465 g/mol. The van der Waals surface area contributed by atoms with Crippen LogP contribution < -0.4 is 19.1 Å². The molecule has 1 aliphatic heterocycles. The molecule has 0 spiro atoms. The van der Waals surface area contributed by atoms with Crippen LogP contribution in [0.1, 0.15) is 5.56 Å². The maximum atomic E-state index is 12.9.